The summed E-state index contributed by atoms with van der Waals surface area (Å²) in [4.78, 5) is 11.1. The van der Waals surface area contributed by atoms with Crippen molar-refractivity contribution >= 4 is 22.0 Å². The number of aliphatic hydroxyl groups is 1. The molecule has 0 spiro atoms. The van der Waals surface area contributed by atoms with Crippen LogP contribution in [0.1, 0.15) is 0 Å². The normalized spacial score (nSPS) is 9.76. The number of hydrogen-bond donors (Lipinski definition) is 3. The highest BCUT2D eigenvalue weighted by molar-refractivity contribution is 9.10. The fourth-order valence-corrected chi connectivity index (χ4v) is 1.36. The van der Waals surface area contributed by atoms with Gasteiger partial charge < -0.3 is 20.5 Å². The Bertz CT molecular complexity index is 343. The first-order valence-electron chi connectivity index (χ1n) is 5.23. The van der Waals surface area contributed by atoms with Gasteiger partial charge in [0.15, 0.2) is 0 Å². The van der Waals surface area contributed by atoms with Gasteiger partial charge in [0, 0.05) is 11.0 Å². The van der Waals surface area contributed by atoms with Crippen molar-refractivity contribution in [3.8, 4) is 5.75 Å². The Balaban J connectivity index is 2.11. The molecule has 0 saturated heterocycles. The largest absolute Gasteiger partial charge is 0.492 e. The highest BCUT2D eigenvalue weighted by Gasteiger charge is 1.98. The van der Waals surface area contributed by atoms with E-state index < -0.39 is 0 Å². The van der Waals surface area contributed by atoms with Crippen LogP contribution in [0, 0.1) is 0 Å². The van der Waals surface area contributed by atoms with Gasteiger partial charge in [0.25, 0.3) is 0 Å². The summed E-state index contributed by atoms with van der Waals surface area (Å²) in [5.74, 6) is 0.755. The summed E-state index contributed by atoms with van der Waals surface area (Å²) in [6.07, 6.45) is 0. The maximum Gasteiger partial charge on any atom is 0.314 e. The monoisotopic (exact) mass is 302 g/mol. The molecule has 1 rings (SSSR count). The van der Waals surface area contributed by atoms with Crippen molar-refractivity contribution in [3.05, 3.63) is 28.7 Å². The van der Waals surface area contributed by atoms with Crippen molar-refractivity contribution < 1.29 is 14.6 Å². The number of benzene rings is 1. The van der Waals surface area contributed by atoms with Gasteiger partial charge >= 0.3 is 6.03 Å². The molecule has 0 unspecified atom stereocenters. The molecular weight excluding hydrogens is 288 g/mol. The SMILES string of the molecule is O=C(NCCO)NCCOc1ccc(Br)cc1. The molecule has 3 N–H and O–H groups in total. The lowest BCUT2D eigenvalue weighted by Gasteiger charge is -2.08. The molecule has 5 nitrogen and oxygen atoms in total. The van der Waals surface area contributed by atoms with E-state index in [0.717, 1.165) is 10.2 Å². The lowest BCUT2D eigenvalue weighted by molar-refractivity contribution is 0.230. The van der Waals surface area contributed by atoms with Crippen LogP contribution in [0.4, 0.5) is 4.79 Å². The first-order valence-corrected chi connectivity index (χ1v) is 6.02. The van der Waals surface area contributed by atoms with E-state index in [1.54, 1.807) is 0 Å². The second kappa shape index (κ2) is 7.92. The van der Waals surface area contributed by atoms with Crippen LogP contribution in [-0.2, 0) is 0 Å². The Morgan fingerprint density at radius 1 is 1.24 bits per heavy atom. The summed E-state index contributed by atoms with van der Waals surface area (Å²) in [6.45, 7) is 0.990. The first-order chi connectivity index (χ1) is 8.22. The van der Waals surface area contributed by atoms with E-state index >= 15 is 0 Å². The van der Waals surface area contributed by atoms with Crippen LogP contribution in [-0.4, -0.2) is 37.4 Å². The summed E-state index contributed by atoms with van der Waals surface area (Å²) in [5.41, 5.74) is 0. The Kier molecular flexibility index (Phi) is 6.42. The molecule has 6 heteroatoms. The van der Waals surface area contributed by atoms with E-state index in [-0.39, 0.29) is 19.2 Å². The van der Waals surface area contributed by atoms with Crippen molar-refractivity contribution in [2.45, 2.75) is 0 Å². The molecule has 0 bridgehead atoms. The minimum atomic E-state index is -0.307. The molecule has 94 valence electrons. The van der Waals surface area contributed by atoms with Crippen molar-refractivity contribution in [1.29, 1.82) is 0 Å². The van der Waals surface area contributed by atoms with Crippen molar-refractivity contribution in [2.75, 3.05) is 26.3 Å². The van der Waals surface area contributed by atoms with Gasteiger partial charge in [-0.1, -0.05) is 15.9 Å². The van der Waals surface area contributed by atoms with Gasteiger partial charge in [0.05, 0.1) is 13.2 Å². The maximum absolute atomic E-state index is 11.1. The highest BCUT2D eigenvalue weighted by Crippen LogP contribution is 2.15. The molecular formula is C11H15BrN2O3. The highest BCUT2D eigenvalue weighted by atomic mass is 79.9. The predicted molar refractivity (Wildman–Crippen MR) is 68.1 cm³/mol. The molecule has 1 aromatic rings. The van der Waals surface area contributed by atoms with Crippen LogP contribution >= 0.6 is 15.9 Å². The molecule has 0 fully saturated rings. The predicted octanol–water partition coefficient (Wildman–Crippen LogP) is 1.12. The van der Waals surface area contributed by atoms with Gasteiger partial charge in [0.1, 0.15) is 12.4 Å². The number of nitrogens with one attached hydrogen (secondary N) is 2. The zero-order chi connectivity index (χ0) is 12.5. The molecule has 0 radical (unpaired) electrons. The number of amides is 2. The number of carbonyl (C=O) groups is 1. The van der Waals surface area contributed by atoms with Crippen LogP contribution in [0.25, 0.3) is 0 Å². The van der Waals surface area contributed by atoms with Crippen LogP contribution in [0.15, 0.2) is 28.7 Å². The van der Waals surface area contributed by atoms with Gasteiger partial charge in [0.2, 0.25) is 0 Å². The van der Waals surface area contributed by atoms with Crippen molar-refractivity contribution in [3.63, 3.8) is 0 Å². The van der Waals surface area contributed by atoms with E-state index in [1.165, 1.54) is 0 Å². The molecule has 17 heavy (non-hydrogen) atoms. The van der Waals surface area contributed by atoms with E-state index in [0.29, 0.717) is 13.2 Å². The summed E-state index contributed by atoms with van der Waals surface area (Å²) >= 11 is 3.33. The zero-order valence-corrected chi connectivity index (χ0v) is 10.9. The molecule has 0 aromatic heterocycles. The molecule has 0 saturated carbocycles. The third-order valence-electron chi connectivity index (χ3n) is 1.87. The average Bonchev–Trinajstić information content (AvgIpc) is 2.34. The lowest BCUT2D eigenvalue weighted by atomic mass is 10.3. The van der Waals surface area contributed by atoms with E-state index in [9.17, 15) is 4.79 Å². The number of ether oxygens (including phenoxy) is 1. The Labute approximate surface area is 108 Å². The number of urea groups is 1. The van der Waals surface area contributed by atoms with Crippen LogP contribution < -0.4 is 15.4 Å². The molecule has 0 aliphatic carbocycles. The van der Waals surface area contributed by atoms with E-state index in [4.69, 9.17) is 9.84 Å². The second-order valence-corrected chi connectivity index (χ2v) is 4.12. The third-order valence-corrected chi connectivity index (χ3v) is 2.40. The Morgan fingerprint density at radius 3 is 2.53 bits per heavy atom. The lowest BCUT2D eigenvalue weighted by Crippen LogP contribution is -2.38. The van der Waals surface area contributed by atoms with Gasteiger partial charge in [-0.2, -0.15) is 0 Å². The average molecular weight is 303 g/mol. The number of aliphatic hydroxyl groups excluding tert-OH is 1. The minimum Gasteiger partial charge on any atom is -0.492 e. The molecule has 2 amide bonds. The molecule has 0 heterocycles. The molecule has 0 atom stereocenters. The second-order valence-electron chi connectivity index (χ2n) is 3.21. The fourth-order valence-electron chi connectivity index (χ4n) is 1.10. The van der Waals surface area contributed by atoms with Gasteiger partial charge in [-0.25, -0.2) is 4.79 Å². The standard InChI is InChI=1S/C11H15BrN2O3/c12-9-1-3-10(4-2-9)17-8-6-14-11(16)13-5-7-15/h1-4,15H,5-8H2,(H2,13,14,16). The van der Waals surface area contributed by atoms with Crippen LogP contribution in [0.3, 0.4) is 0 Å². The van der Waals surface area contributed by atoms with Crippen LogP contribution in [0.5, 0.6) is 5.75 Å². The summed E-state index contributed by atoms with van der Waals surface area (Å²) in [5, 5.41) is 13.6. The van der Waals surface area contributed by atoms with Crippen molar-refractivity contribution in [1.82, 2.24) is 10.6 Å². The van der Waals surface area contributed by atoms with Gasteiger partial charge in [-0.05, 0) is 24.3 Å². The quantitative estimate of drug-likeness (QED) is 0.690. The van der Waals surface area contributed by atoms with Gasteiger partial charge in [-0.3, -0.25) is 0 Å². The first kappa shape index (κ1) is 13.8. The van der Waals surface area contributed by atoms with E-state index in [1.807, 2.05) is 24.3 Å². The summed E-state index contributed by atoms with van der Waals surface area (Å²) < 4.78 is 6.40. The third kappa shape index (κ3) is 6.13. The number of rotatable bonds is 6. The fraction of sp³-hybridized carbons (Fsp3) is 0.364. The van der Waals surface area contributed by atoms with Gasteiger partial charge in [-0.15, -0.1) is 0 Å². The molecule has 0 aliphatic rings. The maximum atomic E-state index is 11.1. The van der Waals surface area contributed by atoms with E-state index in [2.05, 4.69) is 26.6 Å². The number of carbonyl (C=O) groups excluding carboxylic acids is 1. The number of hydrogen-bond acceptors (Lipinski definition) is 3. The topological polar surface area (TPSA) is 70.6 Å². The minimum absolute atomic E-state index is 0.0667. The van der Waals surface area contributed by atoms with Crippen molar-refractivity contribution in [2.24, 2.45) is 0 Å². The summed E-state index contributed by atoms with van der Waals surface area (Å²) in [7, 11) is 0. The Hall–Kier alpha value is -1.27. The molecule has 1 aromatic carbocycles. The summed E-state index contributed by atoms with van der Waals surface area (Å²) in [6, 6.07) is 7.15. The smallest absolute Gasteiger partial charge is 0.314 e. The molecule has 0 aliphatic heterocycles. The zero-order valence-electron chi connectivity index (χ0n) is 9.28. The van der Waals surface area contributed by atoms with Crippen LogP contribution in [0.2, 0.25) is 0 Å². The number of halogens is 1. The Morgan fingerprint density at radius 2 is 1.88 bits per heavy atom.